The maximum Gasteiger partial charge on any atom is 0.252 e. The van der Waals surface area contributed by atoms with Gasteiger partial charge in [-0.15, -0.1) is 0 Å². The first-order valence-electron chi connectivity index (χ1n) is 26.7. The van der Waals surface area contributed by atoms with Crippen molar-refractivity contribution in [2.45, 2.75) is 84.1 Å². The fraction of sp³-hybridized carbons (Fsp3) is 0.188. The minimum atomic E-state index is -0.0909. The van der Waals surface area contributed by atoms with Gasteiger partial charge < -0.3 is 14.7 Å². The highest BCUT2D eigenvalue weighted by atomic mass is 15.2. The lowest BCUT2D eigenvalue weighted by Gasteiger charge is -2.53. The van der Waals surface area contributed by atoms with Gasteiger partial charge in [0.2, 0.25) is 0 Å². The van der Waals surface area contributed by atoms with Gasteiger partial charge in [-0.2, -0.15) is 0 Å². The molecule has 0 bridgehead atoms. The van der Waals surface area contributed by atoms with Gasteiger partial charge in [0.05, 0.1) is 5.69 Å². The average Bonchev–Trinajstić information content (AvgIpc) is 3.43. The smallest absolute Gasteiger partial charge is 0.252 e. The molecule has 4 heteroatoms. The minimum absolute atomic E-state index is 0.00617. The number of hydrogen-bond acceptors (Lipinski definition) is 3. The molecule has 0 N–H and O–H groups in total. The maximum absolute atomic E-state index is 2.86. The van der Waals surface area contributed by atoms with Crippen molar-refractivity contribution in [1.82, 2.24) is 0 Å². The van der Waals surface area contributed by atoms with Gasteiger partial charge in [0.1, 0.15) is 0 Å². The van der Waals surface area contributed by atoms with E-state index in [1.54, 1.807) is 0 Å². The molecule has 0 spiro atoms. The third kappa shape index (κ3) is 7.48. The fourth-order valence-corrected chi connectivity index (χ4v) is 13.0. The molecule has 1 aliphatic carbocycles. The Morgan fingerprint density at radius 3 is 1.89 bits per heavy atom. The van der Waals surface area contributed by atoms with E-state index in [1.165, 1.54) is 126 Å². The second kappa shape index (κ2) is 17.7. The molecule has 0 aromatic heterocycles. The summed E-state index contributed by atoms with van der Waals surface area (Å²) >= 11 is 0. The van der Waals surface area contributed by atoms with Gasteiger partial charge in [0, 0.05) is 50.9 Å². The fourth-order valence-electron chi connectivity index (χ4n) is 13.0. The van der Waals surface area contributed by atoms with Crippen LogP contribution in [0.3, 0.4) is 0 Å². The van der Waals surface area contributed by atoms with Crippen LogP contribution in [0.1, 0.15) is 77.8 Å². The number of benzene rings is 10. The van der Waals surface area contributed by atoms with Crippen molar-refractivity contribution in [3.8, 4) is 22.3 Å². The van der Waals surface area contributed by atoms with Gasteiger partial charge in [-0.25, -0.2) is 0 Å². The first-order chi connectivity index (χ1) is 35.7. The van der Waals surface area contributed by atoms with Crippen LogP contribution in [-0.2, 0) is 11.8 Å². The molecule has 1 fully saturated rings. The first kappa shape index (κ1) is 45.1. The standard InChI is InChI=1S/C69H62BN3/c1-6-47-25-22-37-61-67(47)73(69(5)41-17-8-18-42-69)65-45-51(68(2,3)4)44-64-66(65)70(61)60-40-39-54(46-63(60)72(64)52-29-9-7-10-30-52)71(53-31-19-28-50(43-53)57-35-20-26-48-23-11-13-32-55(48)57)62-38-16-15-34-59(62)58-36-21-27-49-24-12-14-33-56(49)58/h7,9-16,19-40,43-46H,6,8,17-18,41-42H2,1-5H3. The van der Waals surface area contributed by atoms with Crippen LogP contribution in [0.25, 0.3) is 43.8 Å². The predicted octanol–water partition coefficient (Wildman–Crippen LogP) is 17.1. The van der Waals surface area contributed by atoms with Crippen molar-refractivity contribution in [3.05, 3.63) is 223 Å². The maximum atomic E-state index is 2.86. The van der Waals surface area contributed by atoms with Gasteiger partial charge >= 0.3 is 0 Å². The lowest BCUT2D eigenvalue weighted by molar-refractivity contribution is 0.318. The van der Waals surface area contributed by atoms with Gasteiger partial charge in [-0.05, 0) is 152 Å². The van der Waals surface area contributed by atoms with E-state index in [2.05, 4.69) is 262 Å². The zero-order valence-corrected chi connectivity index (χ0v) is 42.9. The van der Waals surface area contributed by atoms with Crippen molar-refractivity contribution < 1.29 is 0 Å². The summed E-state index contributed by atoms with van der Waals surface area (Å²) in [6.45, 7) is 12.1. The molecule has 1 saturated carbocycles. The molecule has 0 unspecified atom stereocenters. The van der Waals surface area contributed by atoms with Crippen LogP contribution in [0.15, 0.2) is 212 Å². The molecule has 3 nitrogen and oxygen atoms in total. The van der Waals surface area contributed by atoms with Crippen molar-refractivity contribution >= 4 is 90.1 Å². The summed E-state index contributed by atoms with van der Waals surface area (Å²) in [6.07, 6.45) is 7.17. The highest BCUT2D eigenvalue weighted by Crippen LogP contribution is 2.51. The van der Waals surface area contributed by atoms with Crippen molar-refractivity contribution in [2.75, 3.05) is 14.7 Å². The molecular weight excluding hydrogens is 882 g/mol. The molecule has 3 aliphatic rings. The van der Waals surface area contributed by atoms with Crippen LogP contribution >= 0.6 is 0 Å². The lowest BCUT2D eigenvalue weighted by atomic mass is 9.33. The predicted molar refractivity (Wildman–Crippen MR) is 314 cm³/mol. The topological polar surface area (TPSA) is 9.72 Å². The molecule has 2 aliphatic heterocycles. The summed E-state index contributed by atoms with van der Waals surface area (Å²) < 4.78 is 0. The Hall–Kier alpha value is -7.82. The Labute approximate surface area is 432 Å². The van der Waals surface area contributed by atoms with Crippen LogP contribution in [0.2, 0.25) is 0 Å². The van der Waals surface area contributed by atoms with Crippen LogP contribution in [0.4, 0.5) is 45.5 Å². The van der Waals surface area contributed by atoms with Gasteiger partial charge in [0.25, 0.3) is 6.71 Å². The van der Waals surface area contributed by atoms with E-state index in [0.717, 1.165) is 29.2 Å². The third-order valence-corrected chi connectivity index (χ3v) is 16.6. The number of fused-ring (bicyclic) bond motifs is 6. The molecule has 356 valence electrons. The second-order valence-corrected chi connectivity index (χ2v) is 22.1. The number of anilines is 8. The summed E-state index contributed by atoms with van der Waals surface area (Å²) in [7, 11) is 0. The Kier molecular flexibility index (Phi) is 11.0. The van der Waals surface area contributed by atoms with E-state index in [4.69, 9.17) is 0 Å². The highest BCUT2D eigenvalue weighted by Gasteiger charge is 2.48. The van der Waals surface area contributed by atoms with E-state index < -0.39 is 0 Å². The molecule has 10 aromatic carbocycles. The molecule has 2 heterocycles. The lowest BCUT2D eigenvalue weighted by Crippen LogP contribution is -2.64. The zero-order valence-electron chi connectivity index (χ0n) is 42.9. The highest BCUT2D eigenvalue weighted by molar-refractivity contribution is 7.00. The Bertz CT molecular complexity index is 3740. The van der Waals surface area contributed by atoms with Crippen molar-refractivity contribution in [1.29, 1.82) is 0 Å². The van der Waals surface area contributed by atoms with E-state index in [1.807, 2.05) is 0 Å². The number of nitrogens with zero attached hydrogens (tertiary/aromatic N) is 3. The molecule has 0 atom stereocenters. The van der Waals surface area contributed by atoms with Gasteiger partial charge in [0.15, 0.2) is 0 Å². The van der Waals surface area contributed by atoms with Crippen LogP contribution in [-0.4, -0.2) is 12.3 Å². The van der Waals surface area contributed by atoms with Crippen molar-refractivity contribution in [3.63, 3.8) is 0 Å². The molecule has 10 aromatic rings. The van der Waals surface area contributed by atoms with E-state index >= 15 is 0 Å². The van der Waals surface area contributed by atoms with Gasteiger partial charge in [-0.3, -0.25) is 0 Å². The summed E-state index contributed by atoms with van der Waals surface area (Å²) in [5.74, 6) is 0. The third-order valence-electron chi connectivity index (χ3n) is 16.6. The van der Waals surface area contributed by atoms with Crippen molar-refractivity contribution in [2.24, 2.45) is 0 Å². The SMILES string of the molecule is CCc1cccc2c1N(C1(C)CCCCC1)c1cc(C(C)(C)C)cc3c1B2c1ccc(N(c2cccc(-c4cccc5ccccc45)c2)c2ccccc2-c2cccc4ccccc24)cc1N3c1ccccc1. The summed E-state index contributed by atoms with van der Waals surface area (Å²) in [4.78, 5) is 8.00. The number of rotatable bonds is 8. The Morgan fingerprint density at radius 1 is 0.521 bits per heavy atom. The van der Waals surface area contributed by atoms with E-state index in [0.29, 0.717) is 0 Å². The van der Waals surface area contributed by atoms with Crippen LogP contribution in [0.5, 0.6) is 0 Å². The largest absolute Gasteiger partial charge is 0.336 e. The molecule has 13 rings (SSSR count). The van der Waals surface area contributed by atoms with Crippen LogP contribution < -0.4 is 31.1 Å². The number of hydrogen-bond donors (Lipinski definition) is 0. The summed E-state index contributed by atoms with van der Waals surface area (Å²) in [5.41, 5.74) is 21.5. The quantitative estimate of drug-likeness (QED) is 0.141. The van der Waals surface area contributed by atoms with E-state index in [-0.39, 0.29) is 17.7 Å². The molecule has 0 amide bonds. The Morgan fingerprint density at radius 2 is 1.14 bits per heavy atom. The Balaban J connectivity index is 1.10. The molecule has 0 radical (unpaired) electrons. The second-order valence-electron chi connectivity index (χ2n) is 22.1. The first-order valence-corrected chi connectivity index (χ1v) is 26.7. The molecule has 0 saturated heterocycles. The monoisotopic (exact) mass is 944 g/mol. The molecule has 73 heavy (non-hydrogen) atoms. The van der Waals surface area contributed by atoms with Crippen LogP contribution in [0, 0.1) is 0 Å². The number of para-hydroxylation sites is 3. The normalized spacial score (nSPS) is 14.7. The number of aryl methyl sites for hydroxylation is 1. The van der Waals surface area contributed by atoms with Gasteiger partial charge in [-0.1, -0.05) is 205 Å². The summed E-state index contributed by atoms with van der Waals surface area (Å²) in [5, 5.41) is 4.96. The average molecular weight is 944 g/mol. The van der Waals surface area contributed by atoms with E-state index in [9.17, 15) is 0 Å². The summed E-state index contributed by atoms with van der Waals surface area (Å²) in [6, 6.07) is 80.1. The zero-order chi connectivity index (χ0) is 49.4. The minimum Gasteiger partial charge on any atom is -0.336 e. The molecular formula is C69H62BN3.